The third-order valence-corrected chi connectivity index (χ3v) is 12.1. The fourth-order valence-corrected chi connectivity index (χ4v) is 7.54. The van der Waals surface area contributed by atoms with Crippen molar-refractivity contribution in [2.75, 3.05) is 47.5 Å². The van der Waals surface area contributed by atoms with Crippen molar-refractivity contribution in [3.8, 4) is 0 Å². The molecule has 0 aromatic carbocycles. The number of esters is 2. The Morgan fingerprint density at radius 3 is 1.05 bits per heavy atom. The van der Waals surface area contributed by atoms with Crippen LogP contribution in [-0.4, -0.2) is 82.3 Å². The Bertz CT molecular complexity index is 1770. The van der Waals surface area contributed by atoms with Crippen LogP contribution in [0, 0.1) is 0 Å². The molecule has 9 nitrogen and oxygen atoms in total. The number of quaternary nitrogens is 1. The number of carboxylic acids is 1. The molecule has 0 aliphatic rings. The van der Waals surface area contributed by atoms with Gasteiger partial charge in [0.05, 0.1) is 40.3 Å². The molecule has 0 radical (unpaired) electrons. The summed E-state index contributed by atoms with van der Waals surface area (Å²) in [6.07, 6.45) is 80.4. The zero-order valence-electron chi connectivity index (χ0n) is 49.3. The Labute approximate surface area is 471 Å². The molecule has 2 unspecified atom stereocenters. The number of hydrogen-bond acceptors (Lipinski definition) is 8. The summed E-state index contributed by atoms with van der Waals surface area (Å²) in [5.74, 6) is -2.35. The first-order chi connectivity index (χ1) is 37.6. The molecule has 0 bridgehead atoms. The van der Waals surface area contributed by atoms with Crippen molar-refractivity contribution >= 4 is 17.9 Å². The first kappa shape index (κ1) is 72.2. The van der Waals surface area contributed by atoms with Crippen LogP contribution in [0.2, 0.25) is 0 Å². The minimum absolute atomic E-state index is 0.132. The Kier molecular flexibility index (Phi) is 53.8. The van der Waals surface area contributed by atoms with Gasteiger partial charge in [0.1, 0.15) is 13.2 Å². The van der Waals surface area contributed by atoms with Crippen LogP contribution in [0.25, 0.3) is 0 Å². The predicted molar refractivity (Wildman–Crippen MR) is 324 cm³/mol. The van der Waals surface area contributed by atoms with Gasteiger partial charge in [0.25, 0.3) is 0 Å². The van der Waals surface area contributed by atoms with E-state index in [0.29, 0.717) is 17.4 Å². The second-order valence-corrected chi connectivity index (χ2v) is 20.5. The van der Waals surface area contributed by atoms with Crippen molar-refractivity contribution in [1.82, 2.24) is 0 Å². The van der Waals surface area contributed by atoms with Gasteiger partial charge in [-0.25, -0.2) is 0 Å². The second-order valence-electron chi connectivity index (χ2n) is 20.5. The monoisotopic (exact) mass is 1070 g/mol. The third-order valence-electron chi connectivity index (χ3n) is 12.1. The molecule has 434 valence electrons. The van der Waals surface area contributed by atoms with E-state index in [2.05, 4.69) is 160 Å². The Balaban J connectivity index is 4.34. The van der Waals surface area contributed by atoms with Crippen molar-refractivity contribution in [2.45, 2.75) is 219 Å². The highest BCUT2D eigenvalue weighted by Crippen LogP contribution is 2.14. The summed E-state index contributed by atoms with van der Waals surface area (Å²) in [6, 6.07) is 0. The van der Waals surface area contributed by atoms with E-state index in [1.165, 1.54) is 44.9 Å². The van der Waals surface area contributed by atoms with Crippen molar-refractivity contribution < 1.29 is 42.9 Å². The number of unbranched alkanes of at least 4 members (excludes halogenated alkanes) is 14. The Morgan fingerprint density at radius 1 is 0.390 bits per heavy atom. The average Bonchev–Trinajstić information content (AvgIpc) is 3.40. The first-order valence-electron chi connectivity index (χ1n) is 30.0. The molecule has 0 heterocycles. The molecular formula is C68H109NO8. The zero-order chi connectivity index (χ0) is 56.2. The van der Waals surface area contributed by atoms with Crippen molar-refractivity contribution in [2.24, 2.45) is 0 Å². The van der Waals surface area contributed by atoms with Crippen LogP contribution in [0.5, 0.6) is 0 Å². The highest BCUT2D eigenvalue weighted by molar-refractivity contribution is 5.70. The molecule has 0 N–H and O–H groups in total. The number of allylic oxidation sites excluding steroid dienone is 24. The lowest BCUT2D eigenvalue weighted by molar-refractivity contribution is -0.870. The van der Waals surface area contributed by atoms with Crippen LogP contribution in [0.3, 0.4) is 0 Å². The number of carboxylic acid groups (broad SMARTS) is 1. The van der Waals surface area contributed by atoms with E-state index < -0.39 is 24.3 Å². The standard InChI is InChI=1S/C68H109NO8/c1-6-8-10-12-14-16-18-20-22-24-26-28-30-32-33-35-36-38-40-42-44-46-48-50-52-54-56-58-65(70)75-62-64(63-76-68(67(72)73)74-61-60-69(3,4)5)77-66(71)59-57-55-53-51-49-47-45-43-41-39-37-34-31-29-27-25-23-21-19-17-15-13-11-9-7-2/h8-11,14-17,20-23,26-29,32-34,37,41,43,47,49,64,68H,6-7,12-13,18-19,24-25,30-31,35-36,38-40,42,44-46,48,50-63H2,1-5H3/b10-8-,11-9-,16-14-,17-15-,22-20-,23-21-,28-26-,29-27-,33-32-,37-34-,43-41-,49-47-. The molecule has 0 rings (SSSR count). The van der Waals surface area contributed by atoms with Gasteiger partial charge in [-0.1, -0.05) is 224 Å². The predicted octanol–water partition coefficient (Wildman–Crippen LogP) is 16.7. The minimum atomic E-state index is -1.64. The molecule has 0 aliphatic carbocycles. The summed E-state index contributed by atoms with van der Waals surface area (Å²) in [4.78, 5) is 37.3. The maximum Gasteiger partial charge on any atom is 0.306 e. The number of hydrogen-bond donors (Lipinski definition) is 0. The van der Waals surface area contributed by atoms with Gasteiger partial charge in [-0.15, -0.1) is 0 Å². The number of carbonyl (C=O) groups is 3. The number of nitrogens with zero attached hydrogens (tertiary/aromatic N) is 1. The van der Waals surface area contributed by atoms with Gasteiger partial charge >= 0.3 is 11.9 Å². The van der Waals surface area contributed by atoms with Gasteiger partial charge in [-0.3, -0.25) is 9.59 Å². The van der Waals surface area contributed by atoms with Gasteiger partial charge in [0, 0.05) is 12.8 Å². The van der Waals surface area contributed by atoms with E-state index in [1.807, 2.05) is 21.1 Å². The number of likely N-dealkylation sites (N-methyl/N-ethyl adjacent to an activating group) is 1. The molecule has 2 atom stereocenters. The van der Waals surface area contributed by atoms with E-state index in [-0.39, 0.29) is 38.6 Å². The summed E-state index contributed by atoms with van der Waals surface area (Å²) in [5.41, 5.74) is 0. The normalized spacial score (nSPS) is 13.8. The molecule has 0 saturated carbocycles. The minimum Gasteiger partial charge on any atom is -0.545 e. The van der Waals surface area contributed by atoms with E-state index >= 15 is 0 Å². The SMILES string of the molecule is CC/C=C\C/C=C\C/C=C\C/C=C\C/C=C\C/C=C\C/C=C\CCCCCC(=O)OC(COC(=O)CCCCCCCCCCCCC/C=C\C/C=C\C/C=C\C/C=C\C/C=C\CC)COC(OCC[N+](C)(C)C)C(=O)[O-]. The fourth-order valence-electron chi connectivity index (χ4n) is 7.54. The topological polar surface area (TPSA) is 111 Å². The first-order valence-corrected chi connectivity index (χ1v) is 30.0. The molecule has 0 aromatic rings. The maximum atomic E-state index is 12.9. The summed E-state index contributed by atoms with van der Waals surface area (Å²) in [5, 5.41) is 11.8. The fraction of sp³-hybridized carbons (Fsp3) is 0.603. The Hall–Kier alpha value is -4.83. The molecule has 0 amide bonds. The van der Waals surface area contributed by atoms with Crippen molar-refractivity contribution in [3.05, 3.63) is 146 Å². The molecular weight excluding hydrogens is 959 g/mol. The highest BCUT2D eigenvalue weighted by atomic mass is 16.7. The second kappa shape index (κ2) is 57.3. The highest BCUT2D eigenvalue weighted by Gasteiger charge is 2.22. The van der Waals surface area contributed by atoms with Crippen LogP contribution in [0.15, 0.2) is 146 Å². The van der Waals surface area contributed by atoms with Gasteiger partial charge in [0.2, 0.25) is 0 Å². The lowest BCUT2D eigenvalue weighted by Gasteiger charge is -2.26. The maximum absolute atomic E-state index is 12.9. The molecule has 77 heavy (non-hydrogen) atoms. The molecule has 0 aliphatic heterocycles. The average molecular weight is 1070 g/mol. The molecule has 9 heteroatoms. The van der Waals surface area contributed by atoms with Gasteiger partial charge in [-0.05, 0) is 116 Å². The van der Waals surface area contributed by atoms with Crippen molar-refractivity contribution in [3.63, 3.8) is 0 Å². The smallest absolute Gasteiger partial charge is 0.306 e. The van der Waals surface area contributed by atoms with E-state index in [1.54, 1.807) is 0 Å². The van der Waals surface area contributed by atoms with Gasteiger partial charge < -0.3 is 33.3 Å². The van der Waals surface area contributed by atoms with Crippen LogP contribution >= 0.6 is 0 Å². The molecule has 0 fully saturated rings. The van der Waals surface area contributed by atoms with Crippen LogP contribution in [-0.2, 0) is 33.3 Å². The lowest BCUT2D eigenvalue weighted by Crippen LogP contribution is -2.44. The van der Waals surface area contributed by atoms with Crippen molar-refractivity contribution in [1.29, 1.82) is 0 Å². The lowest BCUT2D eigenvalue weighted by atomic mass is 10.0. The quantitative estimate of drug-likeness (QED) is 0.0195. The summed E-state index contributed by atoms with van der Waals surface area (Å²) >= 11 is 0. The molecule has 0 aromatic heterocycles. The number of ether oxygens (including phenoxy) is 4. The number of rotatable bonds is 53. The van der Waals surface area contributed by atoms with E-state index in [0.717, 1.165) is 128 Å². The van der Waals surface area contributed by atoms with E-state index in [9.17, 15) is 19.5 Å². The summed E-state index contributed by atoms with van der Waals surface area (Å²) in [7, 11) is 5.90. The number of aliphatic carboxylic acids is 1. The number of carbonyl (C=O) groups excluding carboxylic acids is 3. The summed E-state index contributed by atoms with van der Waals surface area (Å²) < 4.78 is 22.7. The Morgan fingerprint density at radius 2 is 0.701 bits per heavy atom. The summed E-state index contributed by atoms with van der Waals surface area (Å²) in [6.45, 7) is 4.46. The molecule has 0 saturated heterocycles. The largest absolute Gasteiger partial charge is 0.545 e. The van der Waals surface area contributed by atoms with E-state index in [4.69, 9.17) is 18.9 Å². The molecule has 0 spiro atoms. The van der Waals surface area contributed by atoms with Gasteiger partial charge in [-0.2, -0.15) is 0 Å². The van der Waals surface area contributed by atoms with Crippen LogP contribution in [0.1, 0.15) is 206 Å². The van der Waals surface area contributed by atoms with Crippen LogP contribution < -0.4 is 5.11 Å². The van der Waals surface area contributed by atoms with Gasteiger partial charge in [0.15, 0.2) is 12.4 Å². The zero-order valence-corrected chi connectivity index (χ0v) is 49.3. The third kappa shape index (κ3) is 58.7. The van der Waals surface area contributed by atoms with Crippen LogP contribution in [0.4, 0.5) is 0 Å².